The van der Waals surface area contributed by atoms with Gasteiger partial charge in [0.2, 0.25) is 0 Å². The monoisotopic (exact) mass is 287 g/mol. The van der Waals surface area contributed by atoms with Crippen LogP contribution >= 0.6 is 0 Å². The third-order valence-electron chi connectivity index (χ3n) is 3.84. The predicted molar refractivity (Wildman–Crippen MR) is 84.6 cm³/mol. The number of pyridine rings is 1. The molecule has 1 aromatic carbocycles. The highest BCUT2D eigenvalue weighted by Crippen LogP contribution is 2.23. The molecule has 2 unspecified atom stereocenters. The molecule has 0 amide bonds. The van der Waals surface area contributed by atoms with Crippen LogP contribution in [0, 0.1) is 10.1 Å². The molecular formula is C16H21N3O2. The fourth-order valence-electron chi connectivity index (χ4n) is 2.30. The minimum absolute atomic E-state index is 0.100. The molecule has 1 aromatic heterocycles. The minimum atomic E-state index is -0.382. The minimum Gasteiger partial charge on any atom is -0.314 e. The molecule has 21 heavy (non-hydrogen) atoms. The summed E-state index contributed by atoms with van der Waals surface area (Å²) in [5.41, 5.74) is 1.91. The Morgan fingerprint density at radius 2 is 2.05 bits per heavy atom. The average Bonchev–Trinajstić information content (AvgIpc) is 2.50. The van der Waals surface area contributed by atoms with E-state index < -0.39 is 0 Å². The highest BCUT2D eigenvalue weighted by Gasteiger charge is 2.16. The molecule has 5 heteroatoms. The molecule has 5 nitrogen and oxygen atoms in total. The van der Waals surface area contributed by atoms with Crippen molar-refractivity contribution in [2.45, 2.75) is 39.2 Å². The first-order valence-electron chi connectivity index (χ1n) is 7.31. The lowest BCUT2D eigenvalue weighted by molar-refractivity contribution is -0.384. The maximum atomic E-state index is 10.8. The normalized spacial score (nSPS) is 14.0. The van der Waals surface area contributed by atoms with E-state index in [9.17, 15) is 10.1 Å². The van der Waals surface area contributed by atoms with Gasteiger partial charge in [-0.1, -0.05) is 19.9 Å². The summed E-state index contributed by atoms with van der Waals surface area (Å²) in [5, 5.41) is 15.1. The zero-order valence-corrected chi connectivity index (χ0v) is 12.7. The average molecular weight is 287 g/mol. The number of fused-ring (bicyclic) bond motifs is 1. The Bertz CT molecular complexity index is 642. The van der Waals surface area contributed by atoms with Crippen LogP contribution in [0.25, 0.3) is 10.9 Å². The number of benzene rings is 1. The van der Waals surface area contributed by atoms with E-state index in [0.29, 0.717) is 6.04 Å². The van der Waals surface area contributed by atoms with Crippen LogP contribution in [0.2, 0.25) is 0 Å². The van der Waals surface area contributed by atoms with Crippen molar-refractivity contribution >= 4 is 16.6 Å². The van der Waals surface area contributed by atoms with Gasteiger partial charge < -0.3 is 5.32 Å². The number of nitrogens with one attached hydrogen (secondary N) is 1. The van der Waals surface area contributed by atoms with Crippen molar-refractivity contribution in [3.8, 4) is 0 Å². The van der Waals surface area contributed by atoms with Gasteiger partial charge in [0.1, 0.15) is 0 Å². The summed E-state index contributed by atoms with van der Waals surface area (Å²) in [6, 6.07) is 8.99. The molecular weight excluding hydrogens is 266 g/mol. The van der Waals surface area contributed by atoms with Crippen LogP contribution in [0.4, 0.5) is 5.69 Å². The Morgan fingerprint density at radius 3 is 2.71 bits per heavy atom. The predicted octanol–water partition coefficient (Wildman–Crippen LogP) is 3.63. The lowest BCUT2D eigenvalue weighted by Crippen LogP contribution is -2.31. The summed E-state index contributed by atoms with van der Waals surface area (Å²) in [6.45, 7) is 7.44. The summed E-state index contributed by atoms with van der Waals surface area (Å²) in [6.07, 6.45) is 1.10. The topological polar surface area (TPSA) is 68.1 Å². The van der Waals surface area contributed by atoms with E-state index in [1.165, 1.54) is 6.07 Å². The van der Waals surface area contributed by atoms with E-state index in [1.54, 1.807) is 12.1 Å². The standard InChI is InChI=1S/C16H21N3O2/c1-4-9-17-12(3)11(2)15-7-5-13-10-14(19(20)21)6-8-16(13)18-15/h5-8,10-12,17H,4,9H2,1-3H3. The number of hydrogen-bond acceptors (Lipinski definition) is 4. The number of rotatable bonds is 6. The van der Waals surface area contributed by atoms with Gasteiger partial charge in [0.15, 0.2) is 0 Å². The van der Waals surface area contributed by atoms with Crippen LogP contribution in [0.5, 0.6) is 0 Å². The Labute approximate surface area is 124 Å². The largest absolute Gasteiger partial charge is 0.314 e. The summed E-state index contributed by atoms with van der Waals surface area (Å²) < 4.78 is 0. The molecule has 0 aliphatic rings. The lowest BCUT2D eigenvalue weighted by Gasteiger charge is -2.21. The van der Waals surface area contributed by atoms with Crippen LogP contribution < -0.4 is 5.32 Å². The molecule has 2 aromatic rings. The van der Waals surface area contributed by atoms with Crippen molar-refractivity contribution in [1.29, 1.82) is 0 Å². The summed E-state index contributed by atoms with van der Waals surface area (Å²) >= 11 is 0. The van der Waals surface area contributed by atoms with Crippen LogP contribution in [0.1, 0.15) is 38.8 Å². The molecule has 2 rings (SSSR count). The van der Waals surface area contributed by atoms with Crippen molar-refractivity contribution in [3.63, 3.8) is 0 Å². The molecule has 0 saturated carbocycles. The zero-order valence-electron chi connectivity index (χ0n) is 12.7. The van der Waals surface area contributed by atoms with E-state index in [0.717, 1.165) is 29.6 Å². The molecule has 0 bridgehead atoms. The molecule has 0 saturated heterocycles. The molecule has 112 valence electrons. The van der Waals surface area contributed by atoms with E-state index in [1.807, 2.05) is 12.1 Å². The number of nitrogens with zero attached hydrogens (tertiary/aromatic N) is 2. The van der Waals surface area contributed by atoms with Gasteiger partial charge in [0, 0.05) is 35.2 Å². The number of hydrogen-bond donors (Lipinski definition) is 1. The summed E-state index contributed by atoms with van der Waals surface area (Å²) in [5.74, 6) is 0.288. The Hall–Kier alpha value is -2.01. The third-order valence-corrected chi connectivity index (χ3v) is 3.84. The summed E-state index contributed by atoms with van der Waals surface area (Å²) in [4.78, 5) is 15.0. The molecule has 2 atom stereocenters. The van der Waals surface area contributed by atoms with Crippen molar-refractivity contribution in [2.75, 3.05) is 6.54 Å². The number of nitro benzene ring substituents is 1. The van der Waals surface area contributed by atoms with Gasteiger partial charge in [-0.15, -0.1) is 0 Å². The molecule has 0 radical (unpaired) electrons. The second kappa shape index (κ2) is 6.63. The highest BCUT2D eigenvalue weighted by atomic mass is 16.6. The lowest BCUT2D eigenvalue weighted by atomic mass is 9.98. The van der Waals surface area contributed by atoms with Crippen molar-refractivity contribution < 1.29 is 4.92 Å². The highest BCUT2D eigenvalue weighted by molar-refractivity contribution is 5.81. The van der Waals surface area contributed by atoms with E-state index in [4.69, 9.17) is 0 Å². The molecule has 0 spiro atoms. The first-order valence-corrected chi connectivity index (χ1v) is 7.31. The summed E-state index contributed by atoms with van der Waals surface area (Å²) in [7, 11) is 0. The van der Waals surface area contributed by atoms with Gasteiger partial charge in [-0.25, -0.2) is 0 Å². The van der Waals surface area contributed by atoms with Crippen molar-refractivity contribution in [3.05, 3.63) is 46.1 Å². The van der Waals surface area contributed by atoms with Crippen LogP contribution in [-0.2, 0) is 0 Å². The van der Waals surface area contributed by atoms with E-state index >= 15 is 0 Å². The van der Waals surface area contributed by atoms with Gasteiger partial charge in [-0.3, -0.25) is 15.1 Å². The number of non-ortho nitro benzene ring substituents is 1. The fourth-order valence-corrected chi connectivity index (χ4v) is 2.30. The van der Waals surface area contributed by atoms with Gasteiger partial charge in [0.05, 0.1) is 10.4 Å². The smallest absolute Gasteiger partial charge is 0.270 e. The Balaban J connectivity index is 2.26. The number of aromatic nitrogens is 1. The first kappa shape index (κ1) is 15.4. The van der Waals surface area contributed by atoms with Gasteiger partial charge >= 0.3 is 0 Å². The quantitative estimate of drug-likeness (QED) is 0.650. The maximum absolute atomic E-state index is 10.8. The van der Waals surface area contributed by atoms with Gasteiger partial charge in [-0.2, -0.15) is 0 Å². The maximum Gasteiger partial charge on any atom is 0.270 e. The number of nitro groups is 1. The van der Waals surface area contributed by atoms with Crippen molar-refractivity contribution in [1.82, 2.24) is 10.3 Å². The first-order chi connectivity index (χ1) is 10.0. The molecule has 1 heterocycles. The van der Waals surface area contributed by atoms with E-state index in [-0.39, 0.29) is 16.5 Å². The van der Waals surface area contributed by atoms with Gasteiger partial charge in [0.25, 0.3) is 5.69 Å². The second-order valence-corrected chi connectivity index (χ2v) is 5.40. The van der Waals surface area contributed by atoms with Crippen LogP contribution in [0.3, 0.4) is 0 Å². The molecule has 0 aliphatic heterocycles. The molecule has 0 aliphatic carbocycles. The fraction of sp³-hybridized carbons (Fsp3) is 0.438. The van der Waals surface area contributed by atoms with Crippen LogP contribution in [0.15, 0.2) is 30.3 Å². The molecule has 1 N–H and O–H groups in total. The van der Waals surface area contributed by atoms with E-state index in [2.05, 4.69) is 31.1 Å². The van der Waals surface area contributed by atoms with Crippen LogP contribution in [-0.4, -0.2) is 22.5 Å². The second-order valence-electron chi connectivity index (χ2n) is 5.40. The third kappa shape index (κ3) is 3.55. The Morgan fingerprint density at radius 1 is 1.29 bits per heavy atom. The van der Waals surface area contributed by atoms with Gasteiger partial charge in [-0.05, 0) is 32.0 Å². The SMILES string of the molecule is CCCNC(C)C(C)c1ccc2cc([N+](=O)[O-])ccc2n1. The zero-order chi connectivity index (χ0) is 15.4. The van der Waals surface area contributed by atoms with Crippen molar-refractivity contribution in [2.24, 2.45) is 0 Å². The Kier molecular flexibility index (Phi) is 4.85. The molecule has 0 fully saturated rings.